The fourth-order valence-electron chi connectivity index (χ4n) is 2.44. The van der Waals surface area contributed by atoms with Gasteiger partial charge >= 0.3 is 0 Å². The third-order valence-corrected chi connectivity index (χ3v) is 3.53. The zero-order chi connectivity index (χ0) is 16.3. The van der Waals surface area contributed by atoms with Crippen molar-refractivity contribution in [2.45, 2.75) is 27.3 Å². The number of carbonyl (C=O) groups is 1. The van der Waals surface area contributed by atoms with Crippen LogP contribution in [0.2, 0.25) is 0 Å². The average molecular weight is 299 g/mol. The van der Waals surface area contributed by atoms with Crippen molar-refractivity contribution in [2.75, 3.05) is 13.1 Å². The number of fused-ring (bicyclic) bond motifs is 1. The number of carbonyl (C=O) groups excluding carboxylic acids is 1. The summed E-state index contributed by atoms with van der Waals surface area (Å²) >= 11 is 0. The minimum atomic E-state index is -0.235. The van der Waals surface area contributed by atoms with Gasteiger partial charge in [0.15, 0.2) is 0 Å². The van der Waals surface area contributed by atoms with Crippen LogP contribution in [0, 0.1) is 6.92 Å². The van der Waals surface area contributed by atoms with E-state index < -0.39 is 0 Å². The van der Waals surface area contributed by atoms with Crippen molar-refractivity contribution in [3.8, 4) is 0 Å². The Morgan fingerprint density at radius 1 is 1.32 bits per heavy atom. The monoisotopic (exact) mass is 299 g/mol. The summed E-state index contributed by atoms with van der Waals surface area (Å²) in [6, 6.07) is 7.32. The summed E-state index contributed by atoms with van der Waals surface area (Å²) in [6.07, 6.45) is 0. The number of likely N-dealkylation sites (N-methyl/N-ethyl adjacent to an activating group) is 1. The summed E-state index contributed by atoms with van der Waals surface area (Å²) in [6.45, 7) is 10.5. The molecule has 2 rings (SSSR count). The Balaban J connectivity index is 2.36. The average Bonchev–Trinajstić information content (AvgIpc) is 2.49. The summed E-state index contributed by atoms with van der Waals surface area (Å²) in [5, 5.41) is 5.68. The van der Waals surface area contributed by atoms with Crippen LogP contribution < -0.4 is 5.56 Å². The molecule has 0 aliphatic heterocycles. The minimum absolute atomic E-state index is 0.0500. The highest BCUT2D eigenvalue weighted by Gasteiger charge is 2.15. The molecular formula is C17H21N3O2. The Morgan fingerprint density at radius 3 is 2.55 bits per heavy atom. The molecule has 0 N–H and O–H groups in total. The molecular weight excluding hydrogens is 278 g/mol. The molecule has 1 aromatic heterocycles. The molecule has 2 aromatic rings. The van der Waals surface area contributed by atoms with E-state index in [1.54, 1.807) is 11.0 Å². The van der Waals surface area contributed by atoms with Crippen molar-refractivity contribution >= 4 is 16.7 Å². The van der Waals surface area contributed by atoms with Gasteiger partial charge in [-0.1, -0.05) is 30.4 Å². The first kappa shape index (κ1) is 15.9. The molecule has 5 heteroatoms. The van der Waals surface area contributed by atoms with Gasteiger partial charge in [-0.15, -0.1) is 0 Å². The molecule has 0 radical (unpaired) electrons. The minimum Gasteiger partial charge on any atom is -0.337 e. The van der Waals surface area contributed by atoms with Crippen LogP contribution in [-0.4, -0.2) is 33.7 Å². The van der Waals surface area contributed by atoms with Crippen LogP contribution in [0.4, 0.5) is 0 Å². The summed E-state index contributed by atoms with van der Waals surface area (Å²) in [5.74, 6) is -0.130. The van der Waals surface area contributed by atoms with E-state index in [1.807, 2.05) is 39.0 Å². The van der Waals surface area contributed by atoms with Crippen molar-refractivity contribution < 1.29 is 4.79 Å². The topological polar surface area (TPSA) is 55.2 Å². The number of nitrogens with zero attached hydrogens (tertiary/aromatic N) is 3. The number of hydrogen-bond donors (Lipinski definition) is 0. The largest absolute Gasteiger partial charge is 0.337 e. The maximum atomic E-state index is 12.5. The summed E-state index contributed by atoms with van der Waals surface area (Å²) in [7, 11) is 0. The van der Waals surface area contributed by atoms with Crippen LogP contribution in [0.25, 0.3) is 10.8 Å². The first-order valence-electron chi connectivity index (χ1n) is 7.32. The molecule has 0 saturated heterocycles. The van der Waals surface area contributed by atoms with E-state index in [0.29, 0.717) is 18.5 Å². The van der Waals surface area contributed by atoms with E-state index in [2.05, 4.69) is 11.7 Å². The van der Waals surface area contributed by atoms with Crippen molar-refractivity contribution in [2.24, 2.45) is 0 Å². The van der Waals surface area contributed by atoms with Crippen LogP contribution in [0.1, 0.15) is 19.5 Å². The Labute approximate surface area is 129 Å². The molecule has 116 valence electrons. The van der Waals surface area contributed by atoms with E-state index in [-0.39, 0.29) is 18.0 Å². The van der Waals surface area contributed by atoms with Gasteiger partial charge in [0.25, 0.3) is 5.56 Å². The molecule has 22 heavy (non-hydrogen) atoms. The Kier molecular flexibility index (Phi) is 4.75. The molecule has 0 unspecified atom stereocenters. The Morgan fingerprint density at radius 2 is 1.95 bits per heavy atom. The van der Waals surface area contributed by atoms with Crippen molar-refractivity contribution in [3.63, 3.8) is 0 Å². The fourth-order valence-corrected chi connectivity index (χ4v) is 2.44. The van der Waals surface area contributed by atoms with E-state index in [4.69, 9.17) is 0 Å². The molecule has 0 spiro atoms. The van der Waals surface area contributed by atoms with E-state index in [0.717, 1.165) is 16.7 Å². The highest BCUT2D eigenvalue weighted by molar-refractivity contribution is 5.83. The first-order valence-corrected chi connectivity index (χ1v) is 7.32. The van der Waals surface area contributed by atoms with E-state index in [9.17, 15) is 9.59 Å². The van der Waals surface area contributed by atoms with E-state index >= 15 is 0 Å². The zero-order valence-corrected chi connectivity index (χ0v) is 13.3. The standard InChI is InChI=1S/C17H21N3O2/c1-5-19(10-12(2)3)16(21)11-20-17(22)15-9-7-6-8-14(15)13(4)18-20/h6-9H,2,5,10-11H2,1,3-4H3. The van der Waals surface area contributed by atoms with Gasteiger partial charge in [-0.05, 0) is 26.8 Å². The zero-order valence-electron chi connectivity index (χ0n) is 13.3. The second-order valence-electron chi connectivity index (χ2n) is 5.46. The number of aryl methyl sites for hydroxylation is 1. The van der Waals surface area contributed by atoms with Gasteiger partial charge in [0.1, 0.15) is 6.54 Å². The van der Waals surface area contributed by atoms with Crippen LogP contribution in [0.15, 0.2) is 41.2 Å². The number of rotatable bonds is 5. The van der Waals surface area contributed by atoms with Crippen LogP contribution in [-0.2, 0) is 11.3 Å². The Hall–Kier alpha value is -2.43. The SMILES string of the molecule is C=C(C)CN(CC)C(=O)Cn1nc(C)c2ccccc2c1=O. The fraction of sp³-hybridized carbons (Fsp3) is 0.353. The first-order chi connectivity index (χ1) is 10.4. The smallest absolute Gasteiger partial charge is 0.275 e. The van der Waals surface area contributed by atoms with Gasteiger partial charge in [-0.2, -0.15) is 5.10 Å². The third kappa shape index (κ3) is 3.24. The maximum Gasteiger partial charge on any atom is 0.275 e. The number of hydrogen-bond acceptors (Lipinski definition) is 3. The number of amides is 1. The van der Waals surface area contributed by atoms with Gasteiger partial charge in [-0.3, -0.25) is 9.59 Å². The third-order valence-electron chi connectivity index (χ3n) is 3.53. The predicted octanol–water partition coefficient (Wildman–Crippen LogP) is 2.13. The second-order valence-corrected chi connectivity index (χ2v) is 5.46. The Bertz CT molecular complexity index is 777. The lowest BCUT2D eigenvalue weighted by molar-refractivity contribution is -0.131. The molecule has 1 heterocycles. The maximum absolute atomic E-state index is 12.5. The molecule has 0 aliphatic carbocycles. The van der Waals surface area contributed by atoms with Crippen molar-refractivity contribution in [1.82, 2.24) is 14.7 Å². The molecule has 0 fully saturated rings. The lowest BCUT2D eigenvalue weighted by Gasteiger charge is -2.21. The number of aromatic nitrogens is 2. The van der Waals surface area contributed by atoms with Gasteiger partial charge in [-0.25, -0.2) is 4.68 Å². The molecule has 1 amide bonds. The van der Waals surface area contributed by atoms with E-state index in [1.165, 1.54) is 4.68 Å². The predicted molar refractivity (Wildman–Crippen MR) is 87.8 cm³/mol. The lowest BCUT2D eigenvalue weighted by Crippen LogP contribution is -2.38. The molecule has 0 bridgehead atoms. The van der Waals surface area contributed by atoms with Crippen molar-refractivity contribution in [3.05, 3.63) is 52.5 Å². The molecule has 0 saturated carbocycles. The van der Waals surface area contributed by atoms with Crippen LogP contribution >= 0.6 is 0 Å². The quantitative estimate of drug-likeness (QED) is 0.795. The highest BCUT2D eigenvalue weighted by Crippen LogP contribution is 2.11. The van der Waals surface area contributed by atoms with Gasteiger partial charge in [0.2, 0.25) is 5.91 Å². The summed E-state index contributed by atoms with van der Waals surface area (Å²) < 4.78 is 1.25. The molecule has 0 atom stereocenters. The summed E-state index contributed by atoms with van der Waals surface area (Å²) in [4.78, 5) is 26.5. The normalized spacial score (nSPS) is 10.7. The van der Waals surface area contributed by atoms with Crippen LogP contribution in [0.3, 0.4) is 0 Å². The van der Waals surface area contributed by atoms with Gasteiger partial charge in [0.05, 0.1) is 11.1 Å². The highest BCUT2D eigenvalue weighted by atomic mass is 16.2. The second kappa shape index (κ2) is 6.56. The lowest BCUT2D eigenvalue weighted by atomic mass is 10.1. The number of benzene rings is 1. The molecule has 0 aliphatic rings. The summed E-state index contributed by atoms with van der Waals surface area (Å²) in [5.41, 5.74) is 1.41. The van der Waals surface area contributed by atoms with Gasteiger partial charge < -0.3 is 4.90 Å². The van der Waals surface area contributed by atoms with Gasteiger partial charge in [0, 0.05) is 18.5 Å². The van der Waals surface area contributed by atoms with Crippen molar-refractivity contribution in [1.29, 1.82) is 0 Å². The molecule has 1 aromatic carbocycles. The molecule has 5 nitrogen and oxygen atoms in total. The van der Waals surface area contributed by atoms with Crippen LogP contribution in [0.5, 0.6) is 0 Å².